The number of aliphatic hydroxyl groups is 1. The van der Waals surface area contributed by atoms with Gasteiger partial charge in [-0.25, -0.2) is 4.79 Å². The van der Waals surface area contributed by atoms with E-state index in [4.69, 9.17) is 11.6 Å². The summed E-state index contributed by atoms with van der Waals surface area (Å²) in [6.07, 6.45) is 0.124. The molecule has 3 N–H and O–H groups in total. The number of hydrogen-bond donors (Lipinski definition) is 3. The number of carbonyl (C=O) groups is 3. The van der Waals surface area contributed by atoms with Crippen LogP contribution in [0.1, 0.15) is 18.1 Å². The molecule has 0 aromatic heterocycles. The molecule has 2 heterocycles. The lowest BCUT2D eigenvalue weighted by atomic mass is 10.1. The average Bonchev–Trinajstić information content (AvgIpc) is 2.62. The lowest BCUT2D eigenvalue weighted by Crippen LogP contribution is -2.57. The van der Waals surface area contributed by atoms with Crippen molar-refractivity contribution >= 4 is 41.1 Å². The van der Waals surface area contributed by atoms with E-state index in [2.05, 4.69) is 5.32 Å². The number of fused-ring (bicyclic) bond motifs is 1. The van der Waals surface area contributed by atoms with Gasteiger partial charge in [-0.15, -0.1) is 11.8 Å². The molecule has 1 unspecified atom stereocenters. The monoisotopic (exact) mass is 394 g/mol. The predicted octanol–water partition coefficient (Wildman–Crippen LogP) is 1.56. The van der Waals surface area contributed by atoms with Gasteiger partial charge in [-0.3, -0.25) is 14.5 Å². The van der Waals surface area contributed by atoms with E-state index < -0.39 is 23.4 Å². The largest absolute Gasteiger partial charge is 0.477 e. The van der Waals surface area contributed by atoms with Gasteiger partial charge in [-0.05, 0) is 11.6 Å². The molecular weight excluding hydrogens is 380 g/mol. The minimum atomic E-state index is -1.40. The van der Waals surface area contributed by atoms with Crippen molar-refractivity contribution in [3.8, 4) is 0 Å². The molecule has 0 bridgehead atoms. The van der Waals surface area contributed by atoms with Crippen molar-refractivity contribution < 1.29 is 24.6 Å². The zero-order chi connectivity index (χ0) is 18.8. The van der Waals surface area contributed by atoms with E-state index in [9.17, 15) is 24.6 Å². The van der Waals surface area contributed by atoms with Crippen LogP contribution < -0.4 is 5.32 Å². The van der Waals surface area contributed by atoms with Gasteiger partial charge in [0.15, 0.2) is 6.10 Å². The van der Waals surface area contributed by atoms with Crippen LogP contribution in [-0.2, 0) is 14.4 Å². The van der Waals surface area contributed by atoms with E-state index in [1.165, 1.54) is 22.7 Å². The standard InChI is InChI=1S/C17H15ClN2O5S/c18-7-6-10-13(17(24)25)20-11(21)8-12(20)26-16(10)19-15(23)14(22)9-4-2-1-3-5-9/h1-7,12,14,16,22H,8H2,(H,19,23)(H,24,25)/b7-6+/t12-,14-,16?/m1/s1. The molecule has 9 heteroatoms. The van der Waals surface area contributed by atoms with Gasteiger partial charge in [-0.1, -0.05) is 41.9 Å². The van der Waals surface area contributed by atoms with Crippen LogP contribution in [0.25, 0.3) is 0 Å². The van der Waals surface area contributed by atoms with Crippen molar-refractivity contribution in [3.63, 3.8) is 0 Å². The molecule has 1 aromatic rings. The minimum Gasteiger partial charge on any atom is -0.477 e. The fourth-order valence-electron chi connectivity index (χ4n) is 2.83. The van der Waals surface area contributed by atoms with Crippen molar-refractivity contribution in [2.75, 3.05) is 0 Å². The number of nitrogens with zero attached hydrogens (tertiary/aromatic N) is 1. The smallest absolute Gasteiger partial charge is 0.353 e. The quantitative estimate of drug-likeness (QED) is 0.654. The first-order valence-electron chi connectivity index (χ1n) is 7.69. The Morgan fingerprint density at radius 2 is 2.04 bits per heavy atom. The summed E-state index contributed by atoms with van der Waals surface area (Å²) in [5.41, 5.74) is 1.52. The topological polar surface area (TPSA) is 107 Å². The van der Waals surface area contributed by atoms with Crippen molar-refractivity contribution in [2.24, 2.45) is 0 Å². The second-order valence-corrected chi connectivity index (χ2v) is 7.20. The summed E-state index contributed by atoms with van der Waals surface area (Å²) in [6.45, 7) is 0. The van der Waals surface area contributed by atoms with E-state index in [1.807, 2.05) is 0 Å². The summed E-state index contributed by atoms with van der Waals surface area (Å²) in [5, 5.41) is 21.3. The Hall–Kier alpha value is -2.29. The fourth-order valence-corrected chi connectivity index (χ4v) is 4.38. The molecule has 1 saturated heterocycles. The lowest BCUT2D eigenvalue weighted by molar-refractivity contribution is -0.146. The van der Waals surface area contributed by atoms with Crippen LogP contribution >= 0.6 is 23.4 Å². The van der Waals surface area contributed by atoms with E-state index in [0.717, 1.165) is 5.54 Å². The first-order valence-corrected chi connectivity index (χ1v) is 9.07. The predicted molar refractivity (Wildman–Crippen MR) is 95.8 cm³/mol. The number of benzene rings is 1. The summed E-state index contributed by atoms with van der Waals surface area (Å²) in [4.78, 5) is 37.1. The van der Waals surface area contributed by atoms with Crippen LogP contribution in [0.15, 0.2) is 53.2 Å². The Kier molecular flexibility index (Phi) is 5.36. The Balaban J connectivity index is 1.88. The van der Waals surface area contributed by atoms with Crippen LogP contribution in [0, 0.1) is 0 Å². The zero-order valence-corrected chi connectivity index (χ0v) is 14.9. The molecule has 136 valence electrons. The van der Waals surface area contributed by atoms with Gasteiger partial charge < -0.3 is 15.5 Å². The molecule has 3 rings (SSSR count). The number of aliphatic hydroxyl groups excluding tert-OH is 1. The molecule has 0 aliphatic carbocycles. The molecule has 0 spiro atoms. The van der Waals surface area contributed by atoms with Gasteiger partial charge in [0.25, 0.3) is 5.91 Å². The van der Waals surface area contributed by atoms with Crippen molar-refractivity contribution in [3.05, 3.63) is 58.8 Å². The van der Waals surface area contributed by atoms with Crippen LogP contribution in [0.2, 0.25) is 0 Å². The Labute approximate surface area is 158 Å². The molecule has 2 amide bonds. The van der Waals surface area contributed by atoms with Crippen LogP contribution in [0.4, 0.5) is 0 Å². The van der Waals surface area contributed by atoms with Gasteiger partial charge in [-0.2, -0.15) is 0 Å². The highest BCUT2D eigenvalue weighted by atomic mass is 35.5. The number of thioether (sulfide) groups is 1. The molecule has 2 aliphatic heterocycles. The number of carboxylic acid groups (broad SMARTS) is 1. The van der Waals surface area contributed by atoms with E-state index >= 15 is 0 Å². The third kappa shape index (κ3) is 3.35. The van der Waals surface area contributed by atoms with Gasteiger partial charge in [0.2, 0.25) is 5.91 Å². The van der Waals surface area contributed by atoms with Crippen molar-refractivity contribution in [2.45, 2.75) is 23.3 Å². The highest BCUT2D eigenvalue weighted by Gasteiger charge is 2.48. The second kappa shape index (κ2) is 7.53. The Morgan fingerprint density at radius 3 is 2.62 bits per heavy atom. The summed E-state index contributed by atoms with van der Waals surface area (Å²) in [7, 11) is 0. The second-order valence-electron chi connectivity index (χ2n) is 5.66. The number of β-lactam (4-membered cyclic amide) rings is 1. The number of halogens is 1. The van der Waals surface area contributed by atoms with Crippen molar-refractivity contribution in [1.82, 2.24) is 10.2 Å². The molecule has 0 radical (unpaired) electrons. The average molecular weight is 395 g/mol. The van der Waals surface area contributed by atoms with E-state index in [-0.39, 0.29) is 29.0 Å². The highest BCUT2D eigenvalue weighted by Crippen LogP contribution is 2.43. The number of amides is 2. The van der Waals surface area contributed by atoms with Gasteiger partial charge >= 0.3 is 5.97 Å². The maximum Gasteiger partial charge on any atom is 0.353 e. The molecule has 26 heavy (non-hydrogen) atoms. The first-order chi connectivity index (χ1) is 12.4. The van der Waals surface area contributed by atoms with E-state index in [0.29, 0.717) is 5.56 Å². The molecule has 7 nitrogen and oxygen atoms in total. The van der Waals surface area contributed by atoms with Crippen molar-refractivity contribution in [1.29, 1.82) is 0 Å². The molecule has 2 aliphatic rings. The van der Waals surface area contributed by atoms with Crippen LogP contribution in [-0.4, -0.2) is 43.6 Å². The maximum absolute atomic E-state index is 12.4. The third-order valence-electron chi connectivity index (χ3n) is 4.08. The van der Waals surface area contributed by atoms with E-state index in [1.54, 1.807) is 30.3 Å². The van der Waals surface area contributed by atoms with Gasteiger partial charge in [0, 0.05) is 11.1 Å². The number of nitrogens with one attached hydrogen (secondary N) is 1. The number of rotatable bonds is 5. The zero-order valence-electron chi connectivity index (χ0n) is 13.3. The molecule has 1 aromatic carbocycles. The summed E-state index contributed by atoms with van der Waals surface area (Å²) < 4.78 is 0. The number of aliphatic carboxylic acids is 1. The maximum atomic E-state index is 12.4. The van der Waals surface area contributed by atoms with Gasteiger partial charge in [0.1, 0.15) is 11.1 Å². The minimum absolute atomic E-state index is 0.187. The molecule has 3 atom stereocenters. The number of carbonyl (C=O) groups excluding carboxylic acids is 2. The summed E-state index contributed by atoms with van der Waals surface area (Å²) in [5.74, 6) is -2.25. The molecule has 0 saturated carbocycles. The van der Waals surface area contributed by atoms with Crippen LogP contribution in [0.5, 0.6) is 0 Å². The normalized spacial score (nSPS) is 23.5. The fraction of sp³-hybridized carbons (Fsp3) is 0.235. The Bertz CT molecular complexity index is 811. The SMILES string of the molecule is O=C(O)C1=C(/C=C/Cl)C(NC(=O)[C@H](O)c2ccccc2)S[C@@H]2CC(=O)N12. The molecular formula is C17H15ClN2O5S. The lowest BCUT2D eigenvalue weighted by Gasteiger charge is -2.46. The highest BCUT2D eigenvalue weighted by molar-refractivity contribution is 8.00. The first kappa shape index (κ1) is 18.5. The Morgan fingerprint density at radius 1 is 1.35 bits per heavy atom. The van der Waals surface area contributed by atoms with Gasteiger partial charge in [0.05, 0.1) is 11.8 Å². The number of carboxylic acids is 1. The molecule has 1 fully saturated rings. The third-order valence-corrected chi connectivity index (χ3v) is 5.54. The summed E-state index contributed by atoms with van der Waals surface area (Å²) in [6, 6.07) is 8.39. The summed E-state index contributed by atoms with van der Waals surface area (Å²) >= 11 is 6.85. The number of hydrogen-bond acceptors (Lipinski definition) is 5. The van der Waals surface area contributed by atoms with Crippen LogP contribution in [0.3, 0.4) is 0 Å².